The fraction of sp³-hybridized carbons (Fsp3) is 0.500. The fourth-order valence-electron chi connectivity index (χ4n) is 3.82. The third-order valence-electron chi connectivity index (χ3n) is 5.12. The summed E-state index contributed by atoms with van der Waals surface area (Å²) in [7, 11) is 0. The standard InChI is InChI=1S/C20H26N4O3/c1-13-9-23(10-14(2)27-13)12-19(25)22-20-18(8-21)15(3)16(4)24(20)11-17-6-5-7-26-17/h5-7,13-14H,9-12H2,1-4H3,(H,22,25)/p+1/t13-,14-/m1/s1. The maximum Gasteiger partial charge on any atom is 0.280 e. The summed E-state index contributed by atoms with van der Waals surface area (Å²) in [6.07, 6.45) is 1.89. The maximum absolute atomic E-state index is 12.7. The Bertz CT molecular complexity index is 838. The van der Waals surface area contributed by atoms with Crippen molar-refractivity contribution in [3.05, 3.63) is 41.0 Å². The van der Waals surface area contributed by atoms with Gasteiger partial charge in [0.2, 0.25) is 0 Å². The molecule has 0 aliphatic carbocycles. The van der Waals surface area contributed by atoms with Crippen LogP contribution in [-0.4, -0.2) is 42.3 Å². The average molecular weight is 371 g/mol. The molecule has 1 amide bonds. The first-order valence-corrected chi connectivity index (χ1v) is 9.30. The molecule has 2 aromatic heterocycles. The molecule has 27 heavy (non-hydrogen) atoms. The molecule has 144 valence electrons. The van der Waals surface area contributed by atoms with E-state index in [2.05, 4.69) is 11.4 Å². The Morgan fingerprint density at radius 1 is 1.37 bits per heavy atom. The van der Waals surface area contributed by atoms with E-state index in [9.17, 15) is 10.1 Å². The van der Waals surface area contributed by atoms with Crippen molar-refractivity contribution in [2.24, 2.45) is 0 Å². The number of amides is 1. The molecule has 2 aromatic rings. The minimum atomic E-state index is -0.0963. The largest absolute Gasteiger partial charge is 0.467 e. The number of morpholine rings is 1. The van der Waals surface area contributed by atoms with Crippen LogP contribution in [0.4, 0.5) is 5.82 Å². The predicted octanol–water partition coefficient (Wildman–Crippen LogP) is 1.25. The molecule has 2 N–H and O–H groups in total. The van der Waals surface area contributed by atoms with Crippen LogP contribution in [0.1, 0.15) is 36.4 Å². The van der Waals surface area contributed by atoms with Gasteiger partial charge in [0.1, 0.15) is 42.9 Å². The molecule has 7 nitrogen and oxygen atoms in total. The molecule has 0 unspecified atom stereocenters. The summed E-state index contributed by atoms with van der Waals surface area (Å²) in [4.78, 5) is 13.9. The van der Waals surface area contributed by atoms with E-state index in [4.69, 9.17) is 9.15 Å². The predicted molar refractivity (Wildman–Crippen MR) is 101 cm³/mol. The van der Waals surface area contributed by atoms with Gasteiger partial charge < -0.3 is 23.9 Å². The molecule has 1 aliphatic heterocycles. The van der Waals surface area contributed by atoms with Crippen LogP contribution in [0.2, 0.25) is 0 Å². The number of quaternary nitrogens is 1. The lowest BCUT2D eigenvalue weighted by molar-refractivity contribution is -0.907. The third-order valence-corrected chi connectivity index (χ3v) is 5.12. The lowest BCUT2D eigenvalue weighted by atomic mass is 10.2. The molecule has 0 radical (unpaired) electrons. The maximum atomic E-state index is 12.7. The van der Waals surface area contributed by atoms with Crippen molar-refractivity contribution in [3.63, 3.8) is 0 Å². The van der Waals surface area contributed by atoms with Crippen molar-refractivity contribution in [1.29, 1.82) is 5.26 Å². The zero-order chi connectivity index (χ0) is 19.6. The molecule has 7 heteroatoms. The van der Waals surface area contributed by atoms with Crippen LogP contribution >= 0.6 is 0 Å². The van der Waals surface area contributed by atoms with Crippen molar-refractivity contribution >= 4 is 11.7 Å². The van der Waals surface area contributed by atoms with Crippen molar-refractivity contribution in [1.82, 2.24) is 4.57 Å². The number of carbonyl (C=O) groups excluding carboxylic acids is 1. The van der Waals surface area contributed by atoms with Gasteiger partial charge in [-0.3, -0.25) is 4.79 Å². The molecule has 1 fully saturated rings. The minimum Gasteiger partial charge on any atom is -0.467 e. The van der Waals surface area contributed by atoms with Crippen LogP contribution in [0.5, 0.6) is 0 Å². The van der Waals surface area contributed by atoms with Crippen molar-refractivity contribution in [2.45, 2.75) is 46.4 Å². The normalized spacial score (nSPS) is 22.4. The number of nitrogens with one attached hydrogen (secondary N) is 2. The number of carbonyl (C=O) groups is 1. The SMILES string of the molecule is Cc1c(C#N)c(NC(=O)C[NH+]2C[C@@H](C)O[C@H](C)C2)n(Cc2ccco2)c1C. The summed E-state index contributed by atoms with van der Waals surface area (Å²) in [6, 6.07) is 5.94. The van der Waals surface area contributed by atoms with Gasteiger partial charge in [0.05, 0.1) is 18.4 Å². The molecule has 0 aromatic carbocycles. The van der Waals surface area contributed by atoms with Gasteiger partial charge in [0.15, 0.2) is 6.54 Å². The van der Waals surface area contributed by atoms with E-state index in [0.29, 0.717) is 24.5 Å². The van der Waals surface area contributed by atoms with Gasteiger partial charge in [-0.1, -0.05) is 0 Å². The number of rotatable bonds is 5. The zero-order valence-electron chi connectivity index (χ0n) is 16.3. The number of anilines is 1. The number of nitriles is 1. The summed E-state index contributed by atoms with van der Waals surface area (Å²) in [5.74, 6) is 1.22. The highest BCUT2D eigenvalue weighted by Crippen LogP contribution is 2.27. The molecule has 2 atom stereocenters. The topological polar surface area (TPSA) is 84.6 Å². The first-order valence-electron chi connectivity index (χ1n) is 9.30. The summed E-state index contributed by atoms with van der Waals surface area (Å²) in [5, 5.41) is 12.6. The van der Waals surface area contributed by atoms with Gasteiger partial charge in [-0.2, -0.15) is 5.26 Å². The van der Waals surface area contributed by atoms with Gasteiger partial charge in [0, 0.05) is 5.69 Å². The molecule has 1 aliphatic rings. The van der Waals surface area contributed by atoms with E-state index >= 15 is 0 Å². The van der Waals surface area contributed by atoms with E-state index in [1.807, 2.05) is 44.4 Å². The van der Waals surface area contributed by atoms with Crippen LogP contribution in [0.3, 0.4) is 0 Å². The van der Waals surface area contributed by atoms with E-state index in [1.165, 1.54) is 4.90 Å². The summed E-state index contributed by atoms with van der Waals surface area (Å²) < 4.78 is 13.1. The second kappa shape index (κ2) is 7.99. The Kier molecular flexibility index (Phi) is 5.68. The Balaban J connectivity index is 1.79. The Hall–Kier alpha value is -2.56. The molecule has 1 saturated heterocycles. The highest BCUT2D eigenvalue weighted by atomic mass is 16.5. The van der Waals surface area contributed by atoms with Crippen molar-refractivity contribution in [2.75, 3.05) is 25.0 Å². The number of aromatic nitrogens is 1. The number of hydrogen-bond donors (Lipinski definition) is 2. The number of ether oxygens (including phenoxy) is 1. The fourth-order valence-corrected chi connectivity index (χ4v) is 3.82. The summed E-state index contributed by atoms with van der Waals surface area (Å²) in [5.41, 5.74) is 2.32. The van der Waals surface area contributed by atoms with Gasteiger partial charge >= 0.3 is 0 Å². The quantitative estimate of drug-likeness (QED) is 0.828. The second-order valence-corrected chi connectivity index (χ2v) is 7.35. The summed E-state index contributed by atoms with van der Waals surface area (Å²) >= 11 is 0. The van der Waals surface area contributed by atoms with Gasteiger partial charge in [0.25, 0.3) is 5.91 Å². The van der Waals surface area contributed by atoms with Crippen molar-refractivity contribution < 1.29 is 18.8 Å². The van der Waals surface area contributed by atoms with Crippen LogP contribution in [-0.2, 0) is 16.1 Å². The van der Waals surface area contributed by atoms with Crippen LogP contribution in [0.15, 0.2) is 22.8 Å². The van der Waals surface area contributed by atoms with Crippen LogP contribution < -0.4 is 10.2 Å². The Labute approximate surface area is 159 Å². The van der Waals surface area contributed by atoms with E-state index in [0.717, 1.165) is 30.1 Å². The molecule has 3 heterocycles. The van der Waals surface area contributed by atoms with E-state index in [1.54, 1.807) is 6.26 Å². The highest BCUT2D eigenvalue weighted by molar-refractivity contribution is 5.92. The first kappa shape index (κ1) is 19.2. The zero-order valence-corrected chi connectivity index (χ0v) is 16.3. The van der Waals surface area contributed by atoms with Gasteiger partial charge in [-0.15, -0.1) is 0 Å². The molecular weight excluding hydrogens is 344 g/mol. The molecule has 0 bridgehead atoms. The number of furan rings is 1. The minimum absolute atomic E-state index is 0.0963. The number of hydrogen-bond acceptors (Lipinski definition) is 4. The summed E-state index contributed by atoms with van der Waals surface area (Å²) in [6.45, 7) is 10.3. The lowest BCUT2D eigenvalue weighted by Gasteiger charge is -2.31. The molecule has 0 saturated carbocycles. The average Bonchev–Trinajstić information content (AvgIpc) is 3.17. The van der Waals surface area contributed by atoms with Gasteiger partial charge in [-0.25, -0.2) is 0 Å². The van der Waals surface area contributed by atoms with Crippen molar-refractivity contribution in [3.8, 4) is 6.07 Å². The van der Waals surface area contributed by atoms with Crippen LogP contribution in [0.25, 0.3) is 0 Å². The van der Waals surface area contributed by atoms with Gasteiger partial charge in [-0.05, 0) is 45.4 Å². The van der Waals surface area contributed by atoms with E-state index < -0.39 is 0 Å². The highest BCUT2D eigenvalue weighted by Gasteiger charge is 2.28. The lowest BCUT2D eigenvalue weighted by Crippen LogP contribution is -3.16. The molecule has 0 spiro atoms. The molecule has 3 rings (SSSR count). The number of nitrogens with zero attached hydrogens (tertiary/aromatic N) is 2. The molecular formula is C20H27N4O3+. The van der Waals surface area contributed by atoms with Crippen LogP contribution in [0, 0.1) is 25.2 Å². The smallest absolute Gasteiger partial charge is 0.280 e. The Morgan fingerprint density at radius 3 is 2.67 bits per heavy atom. The Morgan fingerprint density at radius 2 is 2.07 bits per heavy atom. The van der Waals surface area contributed by atoms with E-state index in [-0.39, 0.29) is 18.1 Å². The third kappa shape index (κ3) is 4.24. The first-order chi connectivity index (χ1) is 12.9. The second-order valence-electron chi connectivity index (χ2n) is 7.35. The monoisotopic (exact) mass is 371 g/mol.